The monoisotopic (exact) mass is 332 g/mol. The third kappa shape index (κ3) is 4.75. The molecule has 1 aliphatic rings. The molecule has 0 radical (unpaired) electrons. The van der Waals surface area contributed by atoms with Gasteiger partial charge in [0.15, 0.2) is 11.5 Å². The first-order chi connectivity index (χ1) is 11.5. The Balaban J connectivity index is 2.23. The van der Waals surface area contributed by atoms with E-state index in [4.69, 9.17) is 9.47 Å². The summed E-state index contributed by atoms with van der Waals surface area (Å²) in [5, 5.41) is 5.58. The van der Waals surface area contributed by atoms with E-state index in [9.17, 15) is 9.59 Å². The summed E-state index contributed by atoms with van der Waals surface area (Å²) < 4.78 is 10.5. The molecule has 0 saturated heterocycles. The van der Waals surface area contributed by atoms with Crippen molar-refractivity contribution in [3.63, 3.8) is 0 Å². The largest absolute Gasteiger partial charge is 0.493 e. The van der Waals surface area contributed by atoms with Crippen LogP contribution in [0.4, 0.5) is 0 Å². The van der Waals surface area contributed by atoms with Crippen LogP contribution >= 0.6 is 0 Å². The Morgan fingerprint density at radius 3 is 2.38 bits per heavy atom. The van der Waals surface area contributed by atoms with E-state index < -0.39 is 0 Å². The molecule has 1 fully saturated rings. The van der Waals surface area contributed by atoms with Crippen LogP contribution in [0.25, 0.3) is 6.08 Å². The molecule has 1 saturated carbocycles. The lowest BCUT2D eigenvalue weighted by molar-refractivity contribution is -0.122. The normalized spacial score (nSPS) is 15.0. The second kappa shape index (κ2) is 8.38. The fourth-order valence-corrected chi connectivity index (χ4v) is 2.79. The van der Waals surface area contributed by atoms with Crippen molar-refractivity contribution in [1.82, 2.24) is 10.6 Å². The zero-order valence-corrected chi connectivity index (χ0v) is 14.3. The molecular weight excluding hydrogens is 308 g/mol. The smallest absolute Gasteiger partial charge is 0.268 e. The number of methoxy groups -OCH3 is 2. The first-order valence-corrected chi connectivity index (χ1v) is 8.05. The van der Waals surface area contributed by atoms with Crippen molar-refractivity contribution in [3.8, 4) is 11.5 Å². The van der Waals surface area contributed by atoms with Gasteiger partial charge in [-0.3, -0.25) is 9.59 Å². The average molecular weight is 332 g/mol. The SMILES string of the molecule is COc1ccc(C=C(NC(C)=O)C(=O)NC2CCCC2)cc1OC. The van der Waals surface area contributed by atoms with Crippen LogP contribution in [0.2, 0.25) is 0 Å². The van der Waals surface area contributed by atoms with E-state index in [0.29, 0.717) is 11.5 Å². The second-order valence-electron chi connectivity index (χ2n) is 5.81. The second-order valence-corrected chi connectivity index (χ2v) is 5.81. The van der Waals surface area contributed by atoms with E-state index in [1.54, 1.807) is 38.5 Å². The Labute approximate surface area is 142 Å². The molecule has 0 bridgehead atoms. The van der Waals surface area contributed by atoms with Gasteiger partial charge in [-0.2, -0.15) is 0 Å². The third-order valence-corrected chi connectivity index (χ3v) is 3.96. The highest BCUT2D eigenvalue weighted by Gasteiger charge is 2.20. The molecule has 2 amide bonds. The summed E-state index contributed by atoms with van der Waals surface area (Å²) in [5.41, 5.74) is 0.958. The van der Waals surface area contributed by atoms with Gasteiger partial charge in [-0.25, -0.2) is 0 Å². The molecule has 0 heterocycles. The molecule has 2 N–H and O–H groups in total. The predicted molar refractivity (Wildman–Crippen MR) is 91.7 cm³/mol. The summed E-state index contributed by atoms with van der Waals surface area (Å²) in [6, 6.07) is 5.49. The molecule has 1 aromatic carbocycles. The number of rotatable bonds is 6. The summed E-state index contributed by atoms with van der Waals surface area (Å²) in [4.78, 5) is 23.9. The van der Waals surface area contributed by atoms with Gasteiger partial charge < -0.3 is 20.1 Å². The van der Waals surface area contributed by atoms with Gasteiger partial charge in [-0.15, -0.1) is 0 Å². The molecule has 1 aliphatic carbocycles. The average Bonchev–Trinajstić information content (AvgIpc) is 3.06. The Morgan fingerprint density at radius 2 is 1.79 bits per heavy atom. The highest BCUT2D eigenvalue weighted by molar-refractivity contribution is 6.01. The Kier molecular flexibility index (Phi) is 6.23. The van der Waals surface area contributed by atoms with E-state index in [-0.39, 0.29) is 23.6 Å². The zero-order chi connectivity index (χ0) is 17.5. The lowest BCUT2D eigenvalue weighted by atomic mass is 10.1. The van der Waals surface area contributed by atoms with Gasteiger partial charge in [-0.1, -0.05) is 18.9 Å². The minimum Gasteiger partial charge on any atom is -0.493 e. The number of hydrogen-bond acceptors (Lipinski definition) is 4. The molecule has 0 unspecified atom stereocenters. The van der Waals surface area contributed by atoms with Crippen molar-refractivity contribution >= 4 is 17.9 Å². The van der Waals surface area contributed by atoms with Crippen molar-refractivity contribution in [3.05, 3.63) is 29.5 Å². The molecule has 0 atom stereocenters. The molecule has 2 rings (SSSR count). The number of hydrogen-bond donors (Lipinski definition) is 2. The number of carbonyl (C=O) groups is 2. The van der Waals surface area contributed by atoms with E-state index >= 15 is 0 Å². The van der Waals surface area contributed by atoms with Crippen LogP contribution in [0.5, 0.6) is 11.5 Å². The standard InChI is InChI=1S/C18H24N2O4/c1-12(21)19-15(18(22)20-14-6-4-5-7-14)10-13-8-9-16(23-2)17(11-13)24-3/h8-11,14H,4-7H2,1-3H3,(H,19,21)(H,20,22). The maximum Gasteiger partial charge on any atom is 0.268 e. The fraction of sp³-hybridized carbons (Fsp3) is 0.444. The molecular formula is C18H24N2O4. The lowest BCUT2D eigenvalue weighted by Crippen LogP contribution is -2.38. The van der Waals surface area contributed by atoms with Crippen LogP contribution in [-0.4, -0.2) is 32.1 Å². The summed E-state index contributed by atoms with van der Waals surface area (Å²) in [6.07, 6.45) is 5.85. The highest BCUT2D eigenvalue weighted by atomic mass is 16.5. The molecule has 24 heavy (non-hydrogen) atoms. The van der Waals surface area contributed by atoms with Gasteiger partial charge in [0.05, 0.1) is 14.2 Å². The van der Waals surface area contributed by atoms with E-state index in [2.05, 4.69) is 10.6 Å². The third-order valence-electron chi connectivity index (χ3n) is 3.96. The van der Waals surface area contributed by atoms with Crippen LogP contribution in [0, 0.1) is 0 Å². The van der Waals surface area contributed by atoms with Crippen LogP contribution < -0.4 is 20.1 Å². The lowest BCUT2D eigenvalue weighted by Gasteiger charge is -2.15. The van der Waals surface area contributed by atoms with Gasteiger partial charge in [0.1, 0.15) is 5.70 Å². The van der Waals surface area contributed by atoms with Crippen molar-refractivity contribution in [1.29, 1.82) is 0 Å². The maximum absolute atomic E-state index is 12.5. The Bertz CT molecular complexity index is 634. The van der Waals surface area contributed by atoms with Gasteiger partial charge in [0.2, 0.25) is 5.91 Å². The van der Waals surface area contributed by atoms with Crippen molar-refractivity contribution in [2.75, 3.05) is 14.2 Å². The molecule has 130 valence electrons. The van der Waals surface area contributed by atoms with Crippen LogP contribution in [0.15, 0.2) is 23.9 Å². The van der Waals surface area contributed by atoms with Gasteiger partial charge in [-0.05, 0) is 36.6 Å². The molecule has 6 heteroatoms. The zero-order valence-electron chi connectivity index (χ0n) is 14.3. The van der Waals surface area contributed by atoms with Crippen LogP contribution in [-0.2, 0) is 9.59 Å². The summed E-state index contributed by atoms with van der Waals surface area (Å²) in [5.74, 6) is 0.603. The first kappa shape index (κ1) is 17.8. The summed E-state index contributed by atoms with van der Waals surface area (Å²) >= 11 is 0. The minimum absolute atomic E-state index is 0.181. The van der Waals surface area contributed by atoms with E-state index in [1.807, 2.05) is 0 Å². The number of ether oxygens (including phenoxy) is 2. The van der Waals surface area contributed by atoms with Crippen molar-refractivity contribution in [2.45, 2.75) is 38.6 Å². The van der Waals surface area contributed by atoms with Crippen molar-refractivity contribution in [2.24, 2.45) is 0 Å². The summed E-state index contributed by atoms with van der Waals surface area (Å²) in [6.45, 7) is 1.38. The topological polar surface area (TPSA) is 76.7 Å². The number of benzene rings is 1. The van der Waals surface area contributed by atoms with E-state index in [1.165, 1.54) is 6.92 Å². The van der Waals surface area contributed by atoms with Crippen LogP contribution in [0.1, 0.15) is 38.2 Å². The minimum atomic E-state index is -0.289. The highest BCUT2D eigenvalue weighted by Crippen LogP contribution is 2.28. The van der Waals surface area contributed by atoms with Gasteiger partial charge >= 0.3 is 0 Å². The number of nitrogens with one attached hydrogen (secondary N) is 2. The van der Waals surface area contributed by atoms with E-state index in [0.717, 1.165) is 31.2 Å². The molecule has 0 aromatic heterocycles. The molecule has 0 aliphatic heterocycles. The molecule has 1 aromatic rings. The quantitative estimate of drug-likeness (QED) is 0.783. The number of carbonyl (C=O) groups excluding carboxylic acids is 2. The maximum atomic E-state index is 12.5. The summed E-state index contributed by atoms with van der Waals surface area (Å²) in [7, 11) is 3.11. The number of amides is 2. The molecule has 0 spiro atoms. The van der Waals surface area contributed by atoms with Crippen LogP contribution in [0.3, 0.4) is 0 Å². The Morgan fingerprint density at radius 1 is 1.12 bits per heavy atom. The Hall–Kier alpha value is -2.50. The van der Waals surface area contributed by atoms with Crippen molar-refractivity contribution < 1.29 is 19.1 Å². The fourth-order valence-electron chi connectivity index (χ4n) is 2.79. The first-order valence-electron chi connectivity index (χ1n) is 8.05. The van der Waals surface area contributed by atoms with Gasteiger partial charge in [0.25, 0.3) is 5.91 Å². The molecule has 6 nitrogen and oxygen atoms in total. The predicted octanol–water partition coefficient (Wildman–Crippen LogP) is 2.24. The van der Waals surface area contributed by atoms with Gasteiger partial charge in [0, 0.05) is 13.0 Å².